The van der Waals surface area contributed by atoms with Crippen LogP contribution in [0.3, 0.4) is 0 Å². The molecule has 1 atom stereocenters. The van der Waals surface area contributed by atoms with Gasteiger partial charge in [-0.1, -0.05) is 49.6 Å². The number of rotatable bonds is 5. The van der Waals surface area contributed by atoms with E-state index in [4.69, 9.17) is 0 Å². The molecule has 124 valence electrons. The van der Waals surface area contributed by atoms with Crippen molar-refractivity contribution in [2.75, 3.05) is 13.1 Å². The monoisotopic (exact) mass is 314 g/mol. The Kier molecular flexibility index (Phi) is 5.31. The van der Waals surface area contributed by atoms with E-state index in [0.717, 1.165) is 18.7 Å². The second-order valence-corrected chi connectivity index (χ2v) is 6.83. The molecule has 1 aromatic carbocycles. The van der Waals surface area contributed by atoms with Crippen molar-refractivity contribution < 1.29 is 9.59 Å². The van der Waals surface area contributed by atoms with Crippen LogP contribution in [0.5, 0.6) is 0 Å². The average Bonchev–Trinajstić information content (AvgIpc) is 2.95. The molecular weight excluding hydrogens is 288 g/mol. The number of benzene rings is 1. The van der Waals surface area contributed by atoms with Gasteiger partial charge in [0.2, 0.25) is 11.8 Å². The summed E-state index contributed by atoms with van der Waals surface area (Å²) in [5.74, 6) is 0.0623. The van der Waals surface area contributed by atoms with Crippen LogP contribution in [-0.4, -0.2) is 29.8 Å². The molecular formula is C19H26N2O2. The molecule has 1 N–H and O–H groups in total. The van der Waals surface area contributed by atoms with Gasteiger partial charge in [0.25, 0.3) is 0 Å². The molecule has 4 nitrogen and oxygen atoms in total. The molecule has 1 saturated heterocycles. The van der Waals surface area contributed by atoms with Crippen LogP contribution in [-0.2, 0) is 16.1 Å². The van der Waals surface area contributed by atoms with Gasteiger partial charge in [0.05, 0.1) is 0 Å². The summed E-state index contributed by atoms with van der Waals surface area (Å²) >= 11 is 0. The second-order valence-electron chi connectivity index (χ2n) is 6.83. The summed E-state index contributed by atoms with van der Waals surface area (Å²) in [7, 11) is 0. The first-order valence-electron chi connectivity index (χ1n) is 8.84. The largest absolute Gasteiger partial charge is 0.351 e. The van der Waals surface area contributed by atoms with Crippen molar-refractivity contribution in [3.8, 4) is 0 Å². The first-order chi connectivity index (χ1) is 11.2. The Balaban J connectivity index is 1.48. The third-order valence-corrected chi connectivity index (χ3v) is 5.13. The topological polar surface area (TPSA) is 49.4 Å². The molecule has 1 aliphatic heterocycles. The molecule has 2 aliphatic rings. The van der Waals surface area contributed by atoms with E-state index in [-0.39, 0.29) is 11.8 Å². The number of nitrogens with one attached hydrogen (secondary N) is 1. The molecule has 1 unspecified atom stereocenters. The van der Waals surface area contributed by atoms with Gasteiger partial charge in [0, 0.05) is 19.6 Å². The van der Waals surface area contributed by atoms with E-state index in [1.165, 1.54) is 32.1 Å². The van der Waals surface area contributed by atoms with Crippen LogP contribution >= 0.6 is 0 Å². The fourth-order valence-electron chi connectivity index (χ4n) is 3.75. The van der Waals surface area contributed by atoms with Gasteiger partial charge in [-0.05, 0) is 30.7 Å². The number of hydrogen-bond donors (Lipinski definition) is 1. The Morgan fingerprint density at radius 3 is 2.57 bits per heavy atom. The van der Waals surface area contributed by atoms with E-state index in [9.17, 15) is 9.59 Å². The molecule has 0 bridgehead atoms. The molecule has 0 aromatic heterocycles. The standard InChI is InChI=1S/C19H26N2O2/c22-18(20-13-15-7-3-1-4-8-15)17-11-12-21(19(17)23)14-16-9-5-2-6-10-16/h1,3-4,7-8,16-17H,2,5-6,9-14H2,(H,20,22). The minimum absolute atomic E-state index is 0.0288. The van der Waals surface area contributed by atoms with Crippen molar-refractivity contribution in [3.63, 3.8) is 0 Å². The van der Waals surface area contributed by atoms with Crippen molar-refractivity contribution in [2.45, 2.75) is 45.1 Å². The first kappa shape index (κ1) is 16.0. The van der Waals surface area contributed by atoms with Gasteiger partial charge in [0.15, 0.2) is 0 Å². The highest BCUT2D eigenvalue weighted by Crippen LogP contribution is 2.27. The van der Waals surface area contributed by atoms with Crippen LogP contribution in [0, 0.1) is 11.8 Å². The lowest BCUT2D eigenvalue weighted by atomic mass is 9.89. The van der Waals surface area contributed by atoms with Gasteiger partial charge in [-0.15, -0.1) is 0 Å². The summed E-state index contributed by atoms with van der Waals surface area (Å²) in [5.41, 5.74) is 1.06. The second kappa shape index (κ2) is 7.62. The number of carbonyl (C=O) groups excluding carboxylic acids is 2. The fourth-order valence-corrected chi connectivity index (χ4v) is 3.75. The van der Waals surface area contributed by atoms with E-state index < -0.39 is 5.92 Å². The van der Waals surface area contributed by atoms with Crippen molar-refractivity contribution in [1.82, 2.24) is 10.2 Å². The SMILES string of the molecule is O=C(NCc1ccccc1)C1CCN(CC2CCCCC2)C1=O. The zero-order valence-corrected chi connectivity index (χ0v) is 13.7. The van der Waals surface area contributed by atoms with Gasteiger partial charge in [-0.25, -0.2) is 0 Å². The van der Waals surface area contributed by atoms with Crippen LogP contribution in [0.1, 0.15) is 44.1 Å². The van der Waals surface area contributed by atoms with Crippen molar-refractivity contribution >= 4 is 11.8 Å². The van der Waals surface area contributed by atoms with E-state index >= 15 is 0 Å². The summed E-state index contributed by atoms with van der Waals surface area (Å²) in [5, 5.41) is 2.91. The molecule has 4 heteroatoms. The van der Waals surface area contributed by atoms with Gasteiger partial charge in [-0.3, -0.25) is 9.59 Å². The van der Waals surface area contributed by atoms with Crippen LogP contribution in [0.2, 0.25) is 0 Å². The summed E-state index contributed by atoms with van der Waals surface area (Å²) in [6.07, 6.45) is 7.02. The van der Waals surface area contributed by atoms with Crippen molar-refractivity contribution in [1.29, 1.82) is 0 Å². The third kappa shape index (κ3) is 4.12. The van der Waals surface area contributed by atoms with E-state index in [1.807, 2.05) is 35.2 Å². The molecule has 0 spiro atoms. The maximum atomic E-state index is 12.5. The first-order valence-corrected chi connectivity index (χ1v) is 8.84. The minimum atomic E-state index is -0.484. The zero-order valence-electron chi connectivity index (χ0n) is 13.7. The Morgan fingerprint density at radius 2 is 1.83 bits per heavy atom. The predicted molar refractivity (Wildman–Crippen MR) is 89.6 cm³/mol. The number of amides is 2. The molecule has 1 heterocycles. The lowest BCUT2D eigenvalue weighted by molar-refractivity contribution is -0.138. The van der Waals surface area contributed by atoms with Crippen molar-refractivity contribution in [2.24, 2.45) is 11.8 Å². The fraction of sp³-hybridized carbons (Fsp3) is 0.579. The van der Waals surface area contributed by atoms with Gasteiger partial charge >= 0.3 is 0 Å². The van der Waals surface area contributed by atoms with E-state index in [1.54, 1.807) is 0 Å². The quantitative estimate of drug-likeness (QED) is 0.850. The van der Waals surface area contributed by atoms with Gasteiger partial charge in [0.1, 0.15) is 5.92 Å². The van der Waals surface area contributed by atoms with E-state index in [0.29, 0.717) is 18.9 Å². The Morgan fingerprint density at radius 1 is 1.09 bits per heavy atom. The van der Waals surface area contributed by atoms with Gasteiger partial charge in [-0.2, -0.15) is 0 Å². The number of carbonyl (C=O) groups is 2. The lowest BCUT2D eigenvalue weighted by Crippen LogP contribution is -2.38. The number of nitrogens with zero attached hydrogens (tertiary/aromatic N) is 1. The third-order valence-electron chi connectivity index (χ3n) is 5.13. The smallest absolute Gasteiger partial charge is 0.235 e. The molecule has 1 aliphatic carbocycles. The zero-order chi connectivity index (χ0) is 16.1. The normalized spacial score (nSPS) is 22.3. The molecule has 2 amide bonds. The Bertz CT molecular complexity index is 538. The van der Waals surface area contributed by atoms with E-state index in [2.05, 4.69) is 5.32 Å². The lowest BCUT2D eigenvalue weighted by Gasteiger charge is -2.27. The van der Waals surface area contributed by atoms with Crippen LogP contribution in [0.25, 0.3) is 0 Å². The van der Waals surface area contributed by atoms with Crippen LogP contribution in [0.4, 0.5) is 0 Å². The van der Waals surface area contributed by atoms with Gasteiger partial charge < -0.3 is 10.2 Å². The summed E-state index contributed by atoms with van der Waals surface area (Å²) < 4.78 is 0. The maximum Gasteiger partial charge on any atom is 0.235 e. The van der Waals surface area contributed by atoms with Crippen LogP contribution in [0.15, 0.2) is 30.3 Å². The molecule has 0 radical (unpaired) electrons. The predicted octanol–water partition coefficient (Wildman–Crippen LogP) is 2.73. The maximum absolute atomic E-state index is 12.5. The van der Waals surface area contributed by atoms with Crippen molar-refractivity contribution in [3.05, 3.63) is 35.9 Å². The highest BCUT2D eigenvalue weighted by Gasteiger charge is 2.37. The molecule has 1 saturated carbocycles. The molecule has 1 aromatic rings. The highest BCUT2D eigenvalue weighted by atomic mass is 16.2. The number of likely N-dealkylation sites (tertiary alicyclic amines) is 1. The highest BCUT2D eigenvalue weighted by molar-refractivity contribution is 6.01. The summed E-state index contributed by atoms with van der Waals surface area (Å²) in [6.45, 7) is 2.08. The minimum Gasteiger partial charge on any atom is -0.351 e. The molecule has 23 heavy (non-hydrogen) atoms. The molecule has 3 rings (SSSR count). The Hall–Kier alpha value is -1.84. The van der Waals surface area contributed by atoms with Crippen LogP contribution < -0.4 is 5.32 Å². The summed E-state index contributed by atoms with van der Waals surface area (Å²) in [6, 6.07) is 9.81. The Labute approximate surface area is 138 Å². The average molecular weight is 314 g/mol. The molecule has 2 fully saturated rings. The summed E-state index contributed by atoms with van der Waals surface area (Å²) in [4.78, 5) is 26.7. The number of hydrogen-bond acceptors (Lipinski definition) is 2.